The van der Waals surface area contributed by atoms with Crippen molar-refractivity contribution in [3.8, 4) is 5.75 Å². The van der Waals surface area contributed by atoms with Crippen LogP contribution in [0.15, 0.2) is 18.2 Å². The minimum absolute atomic E-state index is 0.613. The number of methoxy groups -OCH3 is 1. The molecule has 0 saturated carbocycles. The zero-order chi connectivity index (χ0) is 14.5. The van der Waals surface area contributed by atoms with Crippen LogP contribution in [0.2, 0.25) is 0 Å². The molecule has 1 aromatic carbocycles. The van der Waals surface area contributed by atoms with Crippen molar-refractivity contribution in [3.63, 3.8) is 0 Å². The molecule has 1 N–H and O–H groups in total. The van der Waals surface area contributed by atoms with Crippen LogP contribution < -0.4 is 10.1 Å². The van der Waals surface area contributed by atoms with E-state index in [1.807, 2.05) is 0 Å². The number of nitrogens with one attached hydrogen (secondary N) is 1. The smallest absolute Gasteiger partial charge is 0.119 e. The largest absolute Gasteiger partial charge is 0.497 e. The molecule has 0 fully saturated rings. The van der Waals surface area contributed by atoms with Gasteiger partial charge in [-0.05, 0) is 55.4 Å². The second kappa shape index (κ2) is 7.12. The van der Waals surface area contributed by atoms with E-state index in [0.29, 0.717) is 12.1 Å². The zero-order valence-corrected chi connectivity index (χ0v) is 13.4. The van der Waals surface area contributed by atoms with Crippen molar-refractivity contribution < 1.29 is 4.74 Å². The Bertz CT molecular complexity index is 425. The molecule has 0 aromatic heterocycles. The summed E-state index contributed by atoms with van der Waals surface area (Å²) in [5.74, 6) is 1.78. The fourth-order valence-corrected chi connectivity index (χ4v) is 3.51. The molecule has 2 nitrogen and oxygen atoms in total. The van der Waals surface area contributed by atoms with Crippen LogP contribution >= 0.6 is 0 Å². The molecule has 112 valence electrons. The quantitative estimate of drug-likeness (QED) is 0.848. The zero-order valence-electron chi connectivity index (χ0n) is 13.4. The summed E-state index contributed by atoms with van der Waals surface area (Å²) in [4.78, 5) is 0. The van der Waals surface area contributed by atoms with Crippen molar-refractivity contribution in [3.05, 3.63) is 29.3 Å². The van der Waals surface area contributed by atoms with Crippen molar-refractivity contribution in [1.82, 2.24) is 5.32 Å². The summed E-state index contributed by atoms with van der Waals surface area (Å²) in [7, 11) is 1.75. The maximum absolute atomic E-state index is 5.35. The third kappa shape index (κ3) is 3.54. The van der Waals surface area contributed by atoms with E-state index in [9.17, 15) is 0 Å². The number of fused-ring (bicyclic) bond motifs is 1. The summed E-state index contributed by atoms with van der Waals surface area (Å²) in [6.07, 6.45) is 6.11. The molecule has 1 aromatic rings. The highest BCUT2D eigenvalue weighted by molar-refractivity contribution is 5.37. The van der Waals surface area contributed by atoms with Gasteiger partial charge in [0.15, 0.2) is 0 Å². The standard InChI is InChI=1S/C18H29NO/c1-5-14(6-2)13(3)19-17-9-7-15-8-10-18(20-4)12-16(15)11-17/h8,10,12-14,17,19H,5-7,9,11H2,1-4H3. The van der Waals surface area contributed by atoms with E-state index in [4.69, 9.17) is 4.74 Å². The summed E-state index contributed by atoms with van der Waals surface area (Å²) < 4.78 is 5.35. The van der Waals surface area contributed by atoms with Gasteiger partial charge in [-0.3, -0.25) is 0 Å². The lowest BCUT2D eigenvalue weighted by Gasteiger charge is -2.31. The molecular formula is C18H29NO. The number of ether oxygens (including phenoxy) is 1. The van der Waals surface area contributed by atoms with E-state index >= 15 is 0 Å². The highest BCUT2D eigenvalue weighted by Crippen LogP contribution is 2.26. The Hall–Kier alpha value is -1.02. The van der Waals surface area contributed by atoms with Crippen molar-refractivity contribution in [2.24, 2.45) is 5.92 Å². The second-order valence-electron chi connectivity index (χ2n) is 6.11. The first kappa shape index (κ1) is 15.4. The number of hydrogen-bond acceptors (Lipinski definition) is 2. The summed E-state index contributed by atoms with van der Waals surface area (Å²) in [5, 5.41) is 3.86. The van der Waals surface area contributed by atoms with Crippen LogP contribution in [0.4, 0.5) is 0 Å². The summed E-state index contributed by atoms with van der Waals surface area (Å²) in [6, 6.07) is 7.76. The Morgan fingerprint density at radius 1 is 1.25 bits per heavy atom. The molecule has 0 spiro atoms. The predicted molar refractivity (Wildman–Crippen MR) is 85.5 cm³/mol. The van der Waals surface area contributed by atoms with Gasteiger partial charge in [-0.2, -0.15) is 0 Å². The molecule has 0 amide bonds. The molecule has 0 aliphatic heterocycles. The number of aryl methyl sites for hydroxylation is 1. The number of rotatable bonds is 6. The van der Waals surface area contributed by atoms with Gasteiger partial charge in [-0.25, -0.2) is 0 Å². The molecule has 2 rings (SSSR count). The lowest BCUT2D eigenvalue weighted by molar-refractivity contribution is 0.306. The minimum atomic E-state index is 0.613. The van der Waals surface area contributed by atoms with Crippen LogP contribution in [0.5, 0.6) is 5.75 Å². The van der Waals surface area contributed by atoms with Gasteiger partial charge < -0.3 is 10.1 Å². The second-order valence-corrected chi connectivity index (χ2v) is 6.11. The fraction of sp³-hybridized carbons (Fsp3) is 0.667. The lowest BCUT2D eigenvalue weighted by atomic mass is 9.86. The molecule has 0 heterocycles. The summed E-state index contributed by atoms with van der Waals surface area (Å²) in [5.41, 5.74) is 2.96. The summed E-state index contributed by atoms with van der Waals surface area (Å²) >= 11 is 0. The molecule has 0 bridgehead atoms. The third-order valence-corrected chi connectivity index (χ3v) is 4.90. The Kier molecular flexibility index (Phi) is 5.47. The molecule has 2 unspecified atom stereocenters. The molecule has 2 atom stereocenters. The van der Waals surface area contributed by atoms with E-state index in [1.165, 1.54) is 36.8 Å². The van der Waals surface area contributed by atoms with Crippen LogP contribution in [0.3, 0.4) is 0 Å². The Morgan fingerprint density at radius 2 is 2.00 bits per heavy atom. The Balaban J connectivity index is 1.99. The first-order valence-electron chi connectivity index (χ1n) is 8.09. The molecule has 2 heteroatoms. The summed E-state index contributed by atoms with van der Waals surface area (Å²) in [6.45, 7) is 6.94. The van der Waals surface area contributed by atoms with Crippen LogP contribution in [0.25, 0.3) is 0 Å². The van der Waals surface area contributed by atoms with Gasteiger partial charge in [-0.15, -0.1) is 0 Å². The van der Waals surface area contributed by atoms with Gasteiger partial charge in [0.05, 0.1) is 7.11 Å². The number of hydrogen-bond donors (Lipinski definition) is 1. The topological polar surface area (TPSA) is 21.3 Å². The SMILES string of the molecule is CCC(CC)C(C)NC1CCc2ccc(OC)cc2C1. The van der Waals surface area contributed by atoms with Gasteiger partial charge in [0.25, 0.3) is 0 Å². The van der Waals surface area contributed by atoms with Crippen molar-refractivity contribution in [1.29, 1.82) is 0 Å². The Labute approximate surface area is 123 Å². The van der Waals surface area contributed by atoms with Crippen LogP contribution in [0.1, 0.15) is 51.2 Å². The predicted octanol–water partition coefficient (Wildman–Crippen LogP) is 3.97. The maximum Gasteiger partial charge on any atom is 0.119 e. The first-order chi connectivity index (χ1) is 9.67. The van der Waals surface area contributed by atoms with E-state index in [-0.39, 0.29) is 0 Å². The Morgan fingerprint density at radius 3 is 2.65 bits per heavy atom. The highest BCUT2D eigenvalue weighted by atomic mass is 16.5. The van der Waals surface area contributed by atoms with Gasteiger partial charge >= 0.3 is 0 Å². The van der Waals surface area contributed by atoms with Gasteiger partial charge in [0.2, 0.25) is 0 Å². The molecule has 0 radical (unpaired) electrons. The minimum Gasteiger partial charge on any atom is -0.497 e. The van der Waals surface area contributed by atoms with Crippen LogP contribution in [-0.2, 0) is 12.8 Å². The van der Waals surface area contributed by atoms with Gasteiger partial charge in [-0.1, -0.05) is 32.8 Å². The molecule has 1 aliphatic rings. The van der Waals surface area contributed by atoms with E-state index in [1.54, 1.807) is 7.11 Å². The van der Waals surface area contributed by atoms with Crippen molar-refractivity contribution in [2.75, 3.05) is 7.11 Å². The fourth-order valence-electron chi connectivity index (χ4n) is 3.51. The molecular weight excluding hydrogens is 246 g/mol. The maximum atomic E-state index is 5.35. The van der Waals surface area contributed by atoms with E-state index in [2.05, 4.69) is 44.3 Å². The normalized spacial score (nSPS) is 19.8. The monoisotopic (exact) mass is 275 g/mol. The van der Waals surface area contributed by atoms with Gasteiger partial charge in [0.1, 0.15) is 5.75 Å². The van der Waals surface area contributed by atoms with E-state index in [0.717, 1.165) is 18.1 Å². The van der Waals surface area contributed by atoms with Crippen molar-refractivity contribution in [2.45, 2.75) is 65.0 Å². The first-order valence-corrected chi connectivity index (χ1v) is 8.09. The van der Waals surface area contributed by atoms with Gasteiger partial charge in [0, 0.05) is 12.1 Å². The average Bonchev–Trinajstić information content (AvgIpc) is 2.47. The lowest BCUT2D eigenvalue weighted by Crippen LogP contribution is -2.43. The van der Waals surface area contributed by atoms with Crippen molar-refractivity contribution >= 4 is 0 Å². The third-order valence-electron chi connectivity index (χ3n) is 4.90. The molecule has 1 aliphatic carbocycles. The van der Waals surface area contributed by atoms with Crippen LogP contribution in [-0.4, -0.2) is 19.2 Å². The highest BCUT2D eigenvalue weighted by Gasteiger charge is 2.22. The van der Waals surface area contributed by atoms with Crippen LogP contribution in [0, 0.1) is 5.92 Å². The molecule has 0 saturated heterocycles. The van der Waals surface area contributed by atoms with E-state index < -0.39 is 0 Å². The average molecular weight is 275 g/mol. The number of benzene rings is 1. The molecule has 20 heavy (non-hydrogen) atoms.